The van der Waals surface area contributed by atoms with Crippen LogP contribution in [0.2, 0.25) is 0 Å². The van der Waals surface area contributed by atoms with Crippen LogP contribution in [0, 0.1) is 0 Å². The maximum atomic E-state index is 9.64. The monoisotopic (exact) mass is 970 g/mol. The summed E-state index contributed by atoms with van der Waals surface area (Å²) in [4.78, 5) is 96.4. The lowest BCUT2D eigenvalue weighted by Crippen LogP contribution is -2.18. The first-order chi connectivity index (χ1) is 26.8. The summed E-state index contributed by atoms with van der Waals surface area (Å²) < 4.78 is 0. The van der Waals surface area contributed by atoms with Crippen LogP contribution in [0.1, 0.15) is 64.2 Å². The van der Waals surface area contributed by atoms with Crippen LogP contribution in [0.5, 0.6) is 0 Å². The van der Waals surface area contributed by atoms with Crippen LogP contribution in [-0.4, -0.2) is 136 Å². The third-order valence-corrected chi connectivity index (χ3v) is 2.76. The number of hydrogen-bond donors (Lipinski definition) is 20. The summed E-state index contributed by atoms with van der Waals surface area (Å²) in [6, 6.07) is 0. The first-order valence-electron chi connectivity index (χ1n) is 14.2. The highest BCUT2D eigenvalue weighted by atomic mass is 32.1. The summed E-state index contributed by atoms with van der Waals surface area (Å²) in [5.41, 5.74) is 46.2. The lowest BCUT2D eigenvalue weighted by atomic mass is 10.3. The quantitative estimate of drug-likeness (QED) is 0.0689. The maximum absolute atomic E-state index is 9.64. The van der Waals surface area contributed by atoms with Gasteiger partial charge in [0.1, 0.15) is 0 Å². The van der Waals surface area contributed by atoms with Gasteiger partial charge in [-0.3, -0.25) is 47.9 Å². The molecule has 0 fully saturated rings. The zero-order chi connectivity index (χ0) is 50.7. The van der Waals surface area contributed by atoms with E-state index in [0.29, 0.717) is 0 Å². The van der Waals surface area contributed by atoms with Crippen LogP contribution in [0.25, 0.3) is 0 Å². The summed E-state index contributed by atoms with van der Waals surface area (Å²) >= 11 is 20.5. The van der Waals surface area contributed by atoms with Gasteiger partial charge in [-0.05, 0) is 61.1 Å². The van der Waals surface area contributed by atoms with Crippen LogP contribution in [0.4, 0.5) is 0 Å². The summed E-state index contributed by atoms with van der Waals surface area (Å²) in [6.45, 7) is 0. The first-order valence-corrected chi connectivity index (χ1v) is 16.3. The second kappa shape index (κ2) is 58.9. The van der Waals surface area contributed by atoms with Gasteiger partial charge in [0.2, 0.25) is 0 Å². The molecular weight excluding hydrogens is 921 g/mol. The van der Waals surface area contributed by atoms with Crippen molar-refractivity contribution in [2.24, 2.45) is 57.3 Å². The van der Waals surface area contributed by atoms with Crippen molar-refractivity contribution in [2.45, 2.75) is 64.2 Å². The van der Waals surface area contributed by atoms with Gasteiger partial charge in [-0.25, -0.2) is 0 Å². The van der Waals surface area contributed by atoms with Gasteiger partial charge in [0, 0.05) is 0 Å². The van der Waals surface area contributed by atoms with Crippen LogP contribution >= 0.6 is 61.1 Å². The van der Waals surface area contributed by atoms with Crippen molar-refractivity contribution >= 4 is 146 Å². The van der Waals surface area contributed by atoms with E-state index in [1.54, 1.807) is 0 Å². The average Bonchev–Trinajstić information content (AvgIpc) is 3.00. The molecule has 35 heteroatoms. The molecule has 0 aliphatic heterocycles. The Kier molecular flexibility index (Phi) is 76.1. The molecule has 350 valence electrons. The molecule has 0 aromatic heterocycles. The smallest absolute Gasteiger partial charge is 0.303 e. The average molecular weight is 971 g/mol. The number of thiocarbonyl (C=S) groups is 5. The van der Waals surface area contributed by atoms with E-state index >= 15 is 0 Å². The number of carboxylic acids is 10. The molecule has 0 unspecified atom stereocenters. The molecule has 0 rings (SSSR count). The molecule has 30 nitrogen and oxygen atoms in total. The lowest BCUT2D eigenvalue weighted by Gasteiger charge is -1.85. The Morgan fingerprint density at radius 1 is 0.217 bits per heavy atom. The Labute approximate surface area is 365 Å². The zero-order valence-electron chi connectivity index (χ0n) is 30.9. The van der Waals surface area contributed by atoms with E-state index in [-0.39, 0.29) is 89.8 Å². The van der Waals surface area contributed by atoms with Gasteiger partial charge >= 0.3 is 59.7 Å². The van der Waals surface area contributed by atoms with E-state index in [2.05, 4.69) is 118 Å². The van der Waals surface area contributed by atoms with Gasteiger partial charge in [0.05, 0.1) is 64.2 Å². The zero-order valence-corrected chi connectivity index (χ0v) is 35.0. The largest absolute Gasteiger partial charge is 0.481 e. The lowest BCUT2D eigenvalue weighted by molar-refractivity contribution is -0.143. The molecule has 0 heterocycles. The van der Waals surface area contributed by atoms with Gasteiger partial charge in [-0.2, -0.15) is 0 Å². The Morgan fingerprint density at radius 3 is 0.267 bits per heavy atom. The van der Waals surface area contributed by atoms with Crippen LogP contribution in [0.15, 0.2) is 0 Å². The van der Waals surface area contributed by atoms with Crippen molar-refractivity contribution in [3.63, 3.8) is 0 Å². The third-order valence-electron chi connectivity index (χ3n) is 2.76. The fraction of sp³-hybridized carbons (Fsp3) is 0.400. The van der Waals surface area contributed by atoms with Crippen molar-refractivity contribution < 1.29 is 99.0 Å². The number of hydrogen-bond acceptors (Lipinski definition) is 15. The Morgan fingerprint density at radius 2 is 0.250 bits per heavy atom. The van der Waals surface area contributed by atoms with E-state index in [9.17, 15) is 47.9 Å². The molecular formula is C25H50N10O20S5. The molecule has 0 aliphatic rings. The molecule has 60 heavy (non-hydrogen) atoms. The summed E-state index contributed by atoms with van der Waals surface area (Å²) in [7, 11) is 0. The van der Waals surface area contributed by atoms with Crippen molar-refractivity contribution in [2.75, 3.05) is 0 Å². The van der Waals surface area contributed by atoms with Crippen molar-refractivity contribution in [1.82, 2.24) is 0 Å². The fourth-order valence-electron chi connectivity index (χ4n) is 1.07. The molecule has 0 atom stereocenters. The highest BCUT2D eigenvalue weighted by Gasteiger charge is 2.03. The molecule has 0 amide bonds. The molecule has 30 N–H and O–H groups in total. The fourth-order valence-corrected chi connectivity index (χ4v) is 1.07. The second-order valence-corrected chi connectivity index (χ2v) is 10.8. The molecule has 0 aliphatic carbocycles. The van der Waals surface area contributed by atoms with E-state index in [0.717, 1.165) is 0 Å². The number of carboxylic acid groups (broad SMARTS) is 10. The molecule has 0 saturated carbocycles. The molecule has 0 radical (unpaired) electrons. The predicted molar refractivity (Wildman–Crippen MR) is 227 cm³/mol. The minimum atomic E-state index is -1.08. The highest BCUT2D eigenvalue weighted by Crippen LogP contribution is 1.88. The standard InChI is InChI=1S/5C4H6O4.5CH4N2S/c5*5-3(6)1-2-4(7)8;5*2-1(3)4/h5*1-2H2,(H,5,6)(H,7,8);5*(H4,2,3,4). The van der Waals surface area contributed by atoms with Crippen LogP contribution < -0.4 is 57.3 Å². The maximum Gasteiger partial charge on any atom is 0.303 e. The molecule has 0 spiro atoms. The number of rotatable bonds is 15. The first kappa shape index (κ1) is 77.6. The summed E-state index contributed by atoms with van der Waals surface area (Å²) in [5, 5.41) is 79.0. The second-order valence-electron chi connectivity index (χ2n) is 8.45. The van der Waals surface area contributed by atoms with Crippen LogP contribution in [-0.2, 0) is 47.9 Å². The topological polar surface area (TPSA) is 633 Å². The molecule has 0 aromatic carbocycles. The minimum Gasteiger partial charge on any atom is -0.481 e. The number of aliphatic carboxylic acids is 10. The number of carbonyl (C=O) groups is 10. The van der Waals surface area contributed by atoms with E-state index in [4.69, 9.17) is 51.1 Å². The van der Waals surface area contributed by atoms with Gasteiger partial charge in [-0.15, -0.1) is 0 Å². The van der Waals surface area contributed by atoms with E-state index < -0.39 is 59.7 Å². The molecule has 0 aromatic rings. The normalized spacial score (nSPS) is 7.67. The SMILES string of the molecule is NC(N)=S.NC(N)=S.NC(N)=S.NC(N)=S.NC(N)=S.O=C(O)CCC(=O)O.O=C(O)CCC(=O)O.O=C(O)CCC(=O)O.O=C(O)CCC(=O)O.O=C(O)CCC(=O)O. The third kappa shape index (κ3) is 391. The summed E-state index contributed by atoms with van der Waals surface area (Å²) in [5.74, 6) is -10.8. The van der Waals surface area contributed by atoms with E-state index in [1.165, 1.54) is 0 Å². The van der Waals surface area contributed by atoms with Crippen molar-refractivity contribution in [1.29, 1.82) is 0 Å². The van der Waals surface area contributed by atoms with Gasteiger partial charge in [0.15, 0.2) is 25.6 Å². The minimum absolute atomic E-state index is 0.000000000000000222. The summed E-state index contributed by atoms with van der Waals surface area (Å²) in [6.07, 6.45) is -2.96. The van der Waals surface area contributed by atoms with Crippen molar-refractivity contribution in [3.05, 3.63) is 0 Å². The highest BCUT2D eigenvalue weighted by molar-refractivity contribution is 7.80. The van der Waals surface area contributed by atoms with Gasteiger partial charge in [-0.1, -0.05) is 0 Å². The van der Waals surface area contributed by atoms with Crippen molar-refractivity contribution in [3.8, 4) is 0 Å². The predicted octanol–water partition coefficient (Wildman–Crippen LogP) is -4.38. The van der Waals surface area contributed by atoms with E-state index in [1.807, 2.05) is 0 Å². The van der Waals surface area contributed by atoms with Gasteiger partial charge < -0.3 is 108 Å². The van der Waals surface area contributed by atoms with Gasteiger partial charge in [0.25, 0.3) is 0 Å². The molecule has 0 bridgehead atoms. The Hall–Kier alpha value is -6.85. The van der Waals surface area contributed by atoms with Crippen LogP contribution in [0.3, 0.4) is 0 Å². The Bertz CT molecular complexity index is 1050. The molecule has 0 saturated heterocycles. The number of nitrogens with two attached hydrogens (primary N) is 10. The Balaban J connectivity index is -0.0000000588.